The van der Waals surface area contributed by atoms with Crippen LogP contribution in [0.15, 0.2) is 12.1 Å². The highest BCUT2D eigenvalue weighted by atomic mass is 16.6. The van der Waals surface area contributed by atoms with E-state index in [0.717, 1.165) is 11.3 Å². The van der Waals surface area contributed by atoms with Crippen LogP contribution in [0.2, 0.25) is 0 Å². The molecule has 1 unspecified atom stereocenters. The zero-order chi connectivity index (χ0) is 12.0. The smallest absolute Gasteiger partial charge is 0.210 e. The van der Waals surface area contributed by atoms with Gasteiger partial charge in [0.15, 0.2) is 0 Å². The molecule has 2 heterocycles. The topological polar surface area (TPSA) is 42.4 Å². The van der Waals surface area contributed by atoms with Gasteiger partial charge in [-0.3, -0.25) is 4.98 Å². The van der Waals surface area contributed by atoms with E-state index in [4.69, 9.17) is 4.74 Å². The predicted molar refractivity (Wildman–Crippen MR) is 61.9 cm³/mol. The first kappa shape index (κ1) is 11.6. The van der Waals surface area contributed by atoms with Crippen molar-refractivity contribution in [3.63, 3.8) is 0 Å². The Balaban J connectivity index is 2.50. The predicted octanol–water partition coefficient (Wildman–Crippen LogP) is 2.46. The van der Waals surface area contributed by atoms with Gasteiger partial charge in [0.1, 0.15) is 5.69 Å². The Morgan fingerprint density at radius 2 is 2.12 bits per heavy atom. The molecule has 2 rings (SSSR count). The van der Waals surface area contributed by atoms with E-state index in [0.29, 0.717) is 18.7 Å². The summed E-state index contributed by atoms with van der Waals surface area (Å²) in [6, 6.07) is 4.03. The Hall–Kier alpha value is -0.930. The molecule has 0 fully saturated rings. The molecule has 3 heteroatoms. The lowest BCUT2D eigenvalue weighted by Crippen LogP contribution is -2.26. The van der Waals surface area contributed by atoms with Crippen LogP contribution in [0.5, 0.6) is 0 Å². The minimum atomic E-state index is -1.18. The summed E-state index contributed by atoms with van der Waals surface area (Å²) in [6.45, 7) is 8.70. The van der Waals surface area contributed by atoms with E-state index in [1.807, 2.05) is 19.1 Å². The zero-order valence-electron chi connectivity index (χ0n) is 10.4. The molecule has 1 aromatic rings. The molecular weight excluding hydrogens is 202 g/mol. The SMILES string of the molecule is CCC1(O)OCc2ccc(C(C)(C)C)nc21. The van der Waals surface area contributed by atoms with E-state index in [1.165, 1.54) is 0 Å². The van der Waals surface area contributed by atoms with Gasteiger partial charge in [-0.05, 0) is 6.07 Å². The van der Waals surface area contributed by atoms with Crippen molar-refractivity contribution in [1.29, 1.82) is 0 Å². The molecule has 1 aliphatic heterocycles. The number of nitrogens with zero attached hydrogens (tertiary/aromatic N) is 1. The molecule has 1 aliphatic rings. The second-order valence-electron chi connectivity index (χ2n) is 5.38. The lowest BCUT2D eigenvalue weighted by Gasteiger charge is -2.23. The number of aromatic nitrogens is 1. The Morgan fingerprint density at radius 3 is 2.69 bits per heavy atom. The number of pyridine rings is 1. The molecule has 0 amide bonds. The summed E-state index contributed by atoms with van der Waals surface area (Å²) >= 11 is 0. The van der Waals surface area contributed by atoms with E-state index in [9.17, 15) is 5.11 Å². The molecule has 3 nitrogen and oxygen atoms in total. The number of hydrogen-bond acceptors (Lipinski definition) is 3. The number of fused-ring (bicyclic) bond motifs is 1. The summed E-state index contributed by atoms with van der Waals surface area (Å²) in [6.07, 6.45) is 0.528. The summed E-state index contributed by atoms with van der Waals surface area (Å²) in [4.78, 5) is 4.57. The quantitative estimate of drug-likeness (QED) is 0.792. The molecule has 16 heavy (non-hydrogen) atoms. The summed E-state index contributed by atoms with van der Waals surface area (Å²) in [5.74, 6) is -1.18. The van der Waals surface area contributed by atoms with Crippen LogP contribution in [-0.4, -0.2) is 10.1 Å². The van der Waals surface area contributed by atoms with Crippen molar-refractivity contribution in [2.45, 2.75) is 51.9 Å². The highest BCUT2D eigenvalue weighted by Gasteiger charge is 2.38. The first-order valence-electron chi connectivity index (χ1n) is 5.74. The van der Waals surface area contributed by atoms with E-state index >= 15 is 0 Å². The van der Waals surface area contributed by atoms with Gasteiger partial charge < -0.3 is 9.84 Å². The van der Waals surface area contributed by atoms with Crippen molar-refractivity contribution in [2.75, 3.05) is 0 Å². The van der Waals surface area contributed by atoms with Crippen LogP contribution < -0.4 is 0 Å². The maximum Gasteiger partial charge on any atom is 0.210 e. The van der Waals surface area contributed by atoms with Gasteiger partial charge >= 0.3 is 0 Å². The highest BCUT2D eigenvalue weighted by Crippen LogP contribution is 2.36. The number of ether oxygens (including phenoxy) is 1. The lowest BCUT2D eigenvalue weighted by atomic mass is 9.90. The van der Waals surface area contributed by atoms with Gasteiger partial charge in [-0.1, -0.05) is 33.8 Å². The van der Waals surface area contributed by atoms with Gasteiger partial charge in [0, 0.05) is 23.1 Å². The average molecular weight is 221 g/mol. The first-order chi connectivity index (χ1) is 7.37. The minimum absolute atomic E-state index is 0.00767. The molecule has 1 atom stereocenters. The van der Waals surface area contributed by atoms with Crippen molar-refractivity contribution in [3.05, 3.63) is 29.1 Å². The number of aliphatic hydroxyl groups is 1. The van der Waals surface area contributed by atoms with Gasteiger partial charge in [-0.25, -0.2) is 0 Å². The van der Waals surface area contributed by atoms with E-state index < -0.39 is 5.79 Å². The second kappa shape index (κ2) is 3.54. The summed E-state index contributed by atoms with van der Waals surface area (Å²) in [5.41, 5.74) is 2.68. The molecule has 0 saturated heterocycles. The Morgan fingerprint density at radius 1 is 1.44 bits per heavy atom. The lowest BCUT2D eigenvalue weighted by molar-refractivity contribution is -0.207. The van der Waals surface area contributed by atoms with Crippen molar-refractivity contribution in [1.82, 2.24) is 4.98 Å². The van der Waals surface area contributed by atoms with Gasteiger partial charge in [-0.15, -0.1) is 0 Å². The fraction of sp³-hybridized carbons (Fsp3) is 0.615. The van der Waals surface area contributed by atoms with E-state index in [2.05, 4.69) is 25.8 Å². The minimum Gasteiger partial charge on any atom is -0.361 e. The fourth-order valence-corrected chi connectivity index (χ4v) is 1.90. The molecule has 0 spiro atoms. The van der Waals surface area contributed by atoms with Gasteiger partial charge in [0.05, 0.1) is 6.61 Å². The third kappa shape index (κ3) is 1.74. The van der Waals surface area contributed by atoms with Gasteiger partial charge in [0.2, 0.25) is 5.79 Å². The monoisotopic (exact) mass is 221 g/mol. The second-order valence-corrected chi connectivity index (χ2v) is 5.38. The molecule has 0 radical (unpaired) electrons. The molecule has 0 aliphatic carbocycles. The van der Waals surface area contributed by atoms with Crippen LogP contribution >= 0.6 is 0 Å². The Labute approximate surface area is 96.5 Å². The van der Waals surface area contributed by atoms with Crippen LogP contribution in [0, 0.1) is 0 Å². The number of rotatable bonds is 1. The largest absolute Gasteiger partial charge is 0.361 e. The molecule has 0 aromatic carbocycles. The first-order valence-corrected chi connectivity index (χ1v) is 5.74. The van der Waals surface area contributed by atoms with Crippen LogP contribution in [0.3, 0.4) is 0 Å². The zero-order valence-corrected chi connectivity index (χ0v) is 10.4. The standard InChI is InChI=1S/C13H19NO2/c1-5-13(15)11-9(8-16-13)6-7-10(14-11)12(2,3)4/h6-7,15H,5,8H2,1-4H3. The average Bonchev–Trinajstić information content (AvgIpc) is 2.56. The van der Waals surface area contributed by atoms with Crippen LogP contribution in [0.4, 0.5) is 0 Å². The van der Waals surface area contributed by atoms with Crippen LogP contribution in [0.25, 0.3) is 0 Å². The maximum absolute atomic E-state index is 10.3. The Bertz CT molecular complexity index is 409. The van der Waals surface area contributed by atoms with Crippen LogP contribution in [0.1, 0.15) is 51.1 Å². The molecule has 1 N–H and O–H groups in total. The summed E-state index contributed by atoms with van der Waals surface area (Å²) in [7, 11) is 0. The van der Waals surface area contributed by atoms with Crippen LogP contribution in [-0.2, 0) is 22.5 Å². The Kier molecular flexibility index (Phi) is 2.55. The van der Waals surface area contributed by atoms with Gasteiger partial charge in [-0.2, -0.15) is 0 Å². The maximum atomic E-state index is 10.3. The molecule has 1 aromatic heterocycles. The fourth-order valence-electron chi connectivity index (χ4n) is 1.90. The summed E-state index contributed by atoms with van der Waals surface area (Å²) in [5, 5.41) is 10.3. The third-order valence-corrected chi connectivity index (χ3v) is 3.06. The molecule has 0 bridgehead atoms. The van der Waals surface area contributed by atoms with Crippen molar-refractivity contribution in [3.8, 4) is 0 Å². The molecular formula is C13H19NO2. The summed E-state index contributed by atoms with van der Waals surface area (Å²) < 4.78 is 5.42. The van der Waals surface area contributed by atoms with Crippen molar-refractivity contribution >= 4 is 0 Å². The number of hydrogen-bond donors (Lipinski definition) is 1. The highest BCUT2D eigenvalue weighted by molar-refractivity contribution is 5.31. The van der Waals surface area contributed by atoms with E-state index in [-0.39, 0.29) is 5.41 Å². The third-order valence-electron chi connectivity index (χ3n) is 3.06. The van der Waals surface area contributed by atoms with Gasteiger partial charge in [0.25, 0.3) is 0 Å². The molecule has 88 valence electrons. The normalized spacial score (nSPS) is 24.6. The van der Waals surface area contributed by atoms with Crippen molar-refractivity contribution in [2.24, 2.45) is 0 Å². The molecule has 0 saturated carbocycles. The van der Waals surface area contributed by atoms with Crippen molar-refractivity contribution < 1.29 is 9.84 Å². The van der Waals surface area contributed by atoms with E-state index in [1.54, 1.807) is 0 Å².